The minimum absolute atomic E-state index is 0.183. The molecule has 0 spiro atoms. The number of hydrogen-bond donors (Lipinski definition) is 0. The van der Waals surface area contributed by atoms with E-state index in [2.05, 4.69) is 0 Å². The van der Waals surface area contributed by atoms with Crippen LogP contribution in [0.2, 0.25) is 0 Å². The van der Waals surface area contributed by atoms with Gasteiger partial charge in [-0.05, 0) is 14.1 Å². The molecule has 0 saturated carbocycles. The highest BCUT2D eigenvalue weighted by atomic mass is 19.2. The van der Waals surface area contributed by atoms with Crippen molar-refractivity contribution in [2.24, 2.45) is 0 Å². The van der Waals surface area contributed by atoms with E-state index in [1.165, 1.54) is 4.90 Å². The van der Waals surface area contributed by atoms with Gasteiger partial charge >= 0.3 is 7.27 Å². The molecule has 0 saturated heterocycles. The van der Waals surface area contributed by atoms with Crippen molar-refractivity contribution in [3.63, 3.8) is 0 Å². The summed E-state index contributed by atoms with van der Waals surface area (Å²) >= 11 is 0. The van der Waals surface area contributed by atoms with Gasteiger partial charge in [-0.25, -0.2) is 0 Å². The Bertz CT molecular complexity index is 107. The Morgan fingerprint density at radius 2 is 2.00 bits per heavy atom. The molecule has 0 aromatic carbocycles. The monoisotopic (exact) mass is 135 g/mol. The van der Waals surface area contributed by atoms with E-state index in [1.807, 2.05) is 0 Å². The zero-order valence-electron chi connectivity index (χ0n) is 5.40. The number of rotatable bonds is 3. The maximum Gasteiger partial charge on any atom is 0.610 e. The number of hydrogen-bond acceptors (Lipinski definition) is 2. The molecular formula is C4H8BF2NO. The van der Waals surface area contributed by atoms with Gasteiger partial charge in [-0.2, -0.15) is 0 Å². The first-order valence-electron chi connectivity index (χ1n) is 2.49. The Balaban J connectivity index is 3.51. The van der Waals surface area contributed by atoms with Crippen LogP contribution in [0.25, 0.3) is 0 Å². The van der Waals surface area contributed by atoms with E-state index in [4.69, 9.17) is 0 Å². The highest BCUT2D eigenvalue weighted by molar-refractivity contribution is 6.80. The summed E-state index contributed by atoms with van der Waals surface area (Å²) in [4.78, 5) is 11.6. The van der Waals surface area contributed by atoms with Crippen molar-refractivity contribution in [3.05, 3.63) is 0 Å². The van der Waals surface area contributed by atoms with Gasteiger partial charge in [-0.3, -0.25) is 8.63 Å². The lowest BCUT2D eigenvalue weighted by molar-refractivity contribution is -0.114. The molecule has 5 heteroatoms. The predicted octanol–water partition coefficient (Wildman–Crippen LogP) is 0.0835. The molecule has 0 radical (unpaired) electrons. The molecular weight excluding hydrogens is 127 g/mol. The summed E-state index contributed by atoms with van der Waals surface area (Å²) in [5, 5.41) is 0. The number of carbonyl (C=O) groups is 1. The minimum atomic E-state index is -2.83. The molecule has 0 amide bonds. The third kappa shape index (κ3) is 4.08. The molecule has 2 nitrogen and oxygen atoms in total. The van der Waals surface area contributed by atoms with Gasteiger partial charge in [0.2, 0.25) is 0 Å². The molecule has 0 atom stereocenters. The van der Waals surface area contributed by atoms with Gasteiger partial charge in [0.25, 0.3) is 0 Å². The Kier molecular flexibility index (Phi) is 3.38. The fourth-order valence-corrected chi connectivity index (χ4v) is 0.381. The molecule has 0 aliphatic heterocycles. The van der Waals surface area contributed by atoms with Gasteiger partial charge in [-0.1, -0.05) is 0 Å². The van der Waals surface area contributed by atoms with Crippen LogP contribution in [0, 0.1) is 0 Å². The highest BCUT2D eigenvalue weighted by Crippen LogP contribution is 1.88. The standard InChI is InChI=1S/C4H8BF2NO/c1-8(2)3-4(9)5(6)7/h3H2,1-2H3. The summed E-state index contributed by atoms with van der Waals surface area (Å²) in [5.74, 6) is 0. The third-order valence-electron chi connectivity index (χ3n) is 0.715. The van der Waals surface area contributed by atoms with Crippen LogP contribution in [0.4, 0.5) is 8.63 Å². The van der Waals surface area contributed by atoms with Gasteiger partial charge in [0.15, 0.2) is 5.68 Å². The van der Waals surface area contributed by atoms with Gasteiger partial charge < -0.3 is 9.69 Å². The number of likely N-dealkylation sites (N-methyl/N-ethyl adjacent to an activating group) is 1. The molecule has 0 fully saturated rings. The molecule has 0 N–H and O–H groups in total. The summed E-state index contributed by atoms with van der Waals surface area (Å²) in [6, 6.07) is 0. The van der Waals surface area contributed by atoms with E-state index < -0.39 is 12.9 Å². The SMILES string of the molecule is CN(C)CC(=O)B(F)F. The number of halogens is 2. The molecule has 0 rings (SSSR count). The Morgan fingerprint density at radius 3 is 2.11 bits per heavy atom. The Labute approximate surface area is 53.0 Å². The van der Waals surface area contributed by atoms with E-state index in [0.717, 1.165) is 0 Å². The van der Waals surface area contributed by atoms with E-state index in [9.17, 15) is 13.4 Å². The van der Waals surface area contributed by atoms with E-state index in [0.29, 0.717) is 0 Å². The second-order valence-corrected chi connectivity index (χ2v) is 2.00. The van der Waals surface area contributed by atoms with Crippen molar-refractivity contribution in [3.8, 4) is 0 Å². The fraction of sp³-hybridized carbons (Fsp3) is 0.750. The Morgan fingerprint density at radius 1 is 1.56 bits per heavy atom. The first-order chi connectivity index (χ1) is 4.04. The van der Waals surface area contributed by atoms with Gasteiger partial charge in [0.1, 0.15) is 0 Å². The normalized spacial score (nSPS) is 9.89. The van der Waals surface area contributed by atoms with Crippen molar-refractivity contribution in [1.82, 2.24) is 4.90 Å². The van der Waals surface area contributed by atoms with E-state index in [1.54, 1.807) is 14.1 Å². The average Bonchev–Trinajstić information content (AvgIpc) is 1.63. The molecule has 0 aliphatic carbocycles. The maximum absolute atomic E-state index is 11.4. The van der Waals surface area contributed by atoms with Crippen molar-refractivity contribution >= 4 is 12.9 Å². The molecule has 0 aromatic heterocycles. The van der Waals surface area contributed by atoms with Crippen LogP contribution in [0.5, 0.6) is 0 Å². The van der Waals surface area contributed by atoms with Crippen molar-refractivity contribution < 1.29 is 13.4 Å². The zero-order valence-corrected chi connectivity index (χ0v) is 5.40. The van der Waals surface area contributed by atoms with Crippen molar-refractivity contribution in [2.45, 2.75) is 0 Å². The topological polar surface area (TPSA) is 20.3 Å². The fourth-order valence-electron chi connectivity index (χ4n) is 0.381. The lowest BCUT2D eigenvalue weighted by Crippen LogP contribution is -2.29. The molecule has 9 heavy (non-hydrogen) atoms. The van der Waals surface area contributed by atoms with Crippen LogP contribution in [-0.2, 0) is 4.79 Å². The minimum Gasteiger partial charge on any atom is -0.303 e. The molecule has 0 heterocycles. The second-order valence-electron chi connectivity index (χ2n) is 2.00. The third-order valence-corrected chi connectivity index (χ3v) is 0.715. The lowest BCUT2D eigenvalue weighted by Gasteiger charge is -2.04. The first kappa shape index (κ1) is 8.55. The molecule has 0 aromatic rings. The van der Waals surface area contributed by atoms with Crippen LogP contribution < -0.4 is 0 Å². The predicted molar refractivity (Wildman–Crippen MR) is 31.5 cm³/mol. The molecule has 52 valence electrons. The largest absolute Gasteiger partial charge is 0.610 e. The summed E-state index contributed by atoms with van der Waals surface area (Å²) in [6.45, 7) is -0.183. The van der Waals surface area contributed by atoms with Gasteiger partial charge in [0, 0.05) is 0 Å². The smallest absolute Gasteiger partial charge is 0.303 e. The second kappa shape index (κ2) is 3.56. The summed E-state index contributed by atoms with van der Waals surface area (Å²) < 4.78 is 22.8. The molecule has 0 aliphatic rings. The van der Waals surface area contributed by atoms with Gasteiger partial charge in [0.05, 0.1) is 6.54 Å². The number of carbonyl (C=O) groups excluding carboxylic acids is 1. The van der Waals surface area contributed by atoms with Crippen molar-refractivity contribution in [2.75, 3.05) is 20.6 Å². The lowest BCUT2D eigenvalue weighted by atomic mass is 9.91. The average molecular weight is 135 g/mol. The zero-order chi connectivity index (χ0) is 7.44. The summed E-state index contributed by atoms with van der Waals surface area (Å²) in [5.41, 5.74) is -1.03. The first-order valence-corrected chi connectivity index (χ1v) is 2.49. The van der Waals surface area contributed by atoms with Crippen LogP contribution in [-0.4, -0.2) is 38.5 Å². The van der Waals surface area contributed by atoms with Crippen LogP contribution in [0.3, 0.4) is 0 Å². The summed E-state index contributed by atoms with van der Waals surface area (Å²) in [6.07, 6.45) is 0. The van der Waals surface area contributed by atoms with Crippen LogP contribution >= 0.6 is 0 Å². The van der Waals surface area contributed by atoms with Crippen molar-refractivity contribution in [1.29, 1.82) is 0 Å². The Hall–Kier alpha value is -0.445. The van der Waals surface area contributed by atoms with E-state index >= 15 is 0 Å². The quantitative estimate of drug-likeness (QED) is 0.510. The maximum atomic E-state index is 11.4. The molecule has 0 bridgehead atoms. The van der Waals surface area contributed by atoms with Crippen LogP contribution in [0.1, 0.15) is 0 Å². The van der Waals surface area contributed by atoms with Crippen LogP contribution in [0.15, 0.2) is 0 Å². The highest BCUT2D eigenvalue weighted by Gasteiger charge is 2.24. The molecule has 0 unspecified atom stereocenters. The number of nitrogens with zero attached hydrogens (tertiary/aromatic N) is 1. The summed E-state index contributed by atoms with van der Waals surface area (Å²) in [7, 11) is 0.313. The van der Waals surface area contributed by atoms with Gasteiger partial charge in [-0.15, -0.1) is 0 Å². The van der Waals surface area contributed by atoms with E-state index in [-0.39, 0.29) is 6.54 Å².